The first-order valence-electron chi connectivity index (χ1n) is 10.1. The highest BCUT2D eigenvalue weighted by Crippen LogP contribution is 2.32. The zero-order chi connectivity index (χ0) is 22.0. The van der Waals surface area contributed by atoms with Crippen LogP contribution in [-0.2, 0) is 19.1 Å². The van der Waals surface area contributed by atoms with Gasteiger partial charge in [0.2, 0.25) is 0 Å². The minimum atomic E-state index is -0.620. The Kier molecular flexibility index (Phi) is 6.76. The average molecular weight is 404 g/mol. The smallest absolute Gasteiger partial charge is 0.311 e. The molecule has 0 fully saturated rings. The summed E-state index contributed by atoms with van der Waals surface area (Å²) >= 11 is 0. The van der Waals surface area contributed by atoms with Gasteiger partial charge in [-0.15, -0.1) is 0 Å². The van der Waals surface area contributed by atoms with E-state index >= 15 is 0 Å². The molecular weight excluding hydrogens is 370 g/mol. The van der Waals surface area contributed by atoms with E-state index < -0.39 is 10.8 Å². The van der Waals surface area contributed by atoms with Crippen molar-refractivity contribution in [2.24, 2.45) is 10.8 Å². The number of benzene rings is 1. The zero-order valence-electron chi connectivity index (χ0n) is 18.5. The van der Waals surface area contributed by atoms with Crippen LogP contribution in [0.15, 0.2) is 18.2 Å². The molecule has 1 N–H and O–H groups in total. The first-order valence-corrected chi connectivity index (χ1v) is 10.1. The second kappa shape index (κ2) is 8.56. The summed E-state index contributed by atoms with van der Waals surface area (Å²) in [6.07, 6.45) is 0.524. The number of carbonyl (C=O) groups excluding carboxylic acids is 3. The second-order valence-corrected chi connectivity index (χ2v) is 9.80. The number of esters is 2. The number of rotatable bonds is 5. The number of hydrogen-bond acceptors (Lipinski definition) is 5. The molecule has 0 unspecified atom stereocenters. The topological polar surface area (TPSA) is 81.7 Å². The molecule has 1 aliphatic rings. The van der Waals surface area contributed by atoms with E-state index in [4.69, 9.17) is 9.47 Å². The summed E-state index contributed by atoms with van der Waals surface area (Å²) in [6, 6.07) is 5.32. The quantitative estimate of drug-likeness (QED) is 0.757. The Labute approximate surface area is 173 Å². The number of amides is 1. The number of nitrogens with one attached hydrogen (secondary N) is 1. The molecule has 1 heterocycles. The fraction of sp³-hybridized carbons (Fsp3) is 0.609. The van der Waals surface area contributed by atoms with Crippen molar-refractivity contribution in [2.45, 2.75) is 66.8 Å². The van der Waals surface area contributed by atoms with Crippen molar-refractivity contribution >= 4 is 17.8 Å². The minimum absolute atomic E-state index is 0.0765. The first-order chi connectivity index (χ1) is 13.3. The Hall–Kier alpha value is -2.37. The normalized spacial score (nSPS) is 19.2. The molecule has 0 spiro atoms. The van der Waals surface area contributed by atoms with Crippen LogP contribution in [-0.4, -0.2) is 37.1 Å². The van der Waals surface area contributed by atoms with Gasteiger partial charge in [-0.05, 0) is 66.5 Å². The van der Waals surface area contributed by atoms with Gasteiger partial charge >= 0.3 is 11.9 Å². The highest BCUT2D eigenvalue weighted by molar-refractivity contribution is 5.97. The lowest BCUT2D eigenvalue weighted by Gasteiger charge is -2.34. The lowest BCUT2D eigenvalue weighted by Crippen LogP contribution is -2.48. The molecule has 1 aromatic rings. The summed E-state index contributed by atoms with van der Waals surface area (Å²) in [4.78, 5) is 36.9. The molecule has 2 rings (SSSR count). The largest absolute Gasteiger partial charge is 0.465 e. The summed E-state index contributed by atoms with van der Waals surface area (Å²) in [7, 11) is 0. The van der Waals surface area contributed by atoms with E-state index in [2.05, 4.69) is 5.32 Å². The standard InChI is InChI=1S/C23H33NO5/c1-14-8-9-16-17(12-14)15(10-11-28-20(26)22(2,3)4)18(24-19(16)25)13-29-21(27)23(5,6)7/h8-9,12,15,18H,10-11,13H2,1-7H3,(H,24,25)/t15-,18+/m1/s1. The molecule has 1 amide bonds. The van der Waals surface area contributed by atoms with Gasteiger partial charge in [0.25, 0.3) is 5.91 Å². The first kappa shape index (κ1) is 22.9. The molecule has 1 aliphatic heterocycles. The Morgan fingerprint density at radius 2 is 1.59 bits per heavy atom. The molecule has 0 aromatic heterocycles. The fourth-order valence-electron chi connectivity index (χ4n) is 3.15. The van der Waals surface area contributed by atoms with Gasteiger partial charge in [-0.3, -0.25) is 14.4 Å². The third-order valence-electron chi connectivity index (χ3n) is 4.93. The molecule has 0 bridgehead atoms. The molecule has 2 atom stereocenters. The van der Waals surface area contributed by atoms with Crippen molar-refractivity contribution in [3.63, 3.8) is 0 Å². The Balaban J connectivity index is 2.20. The van der Waals surface area contributed by atoms with Gasteiger partial charge in [-0.25, -0.2) is 0 Å². The lowest BCUT2D eigenvalue weighted by atomic mass is 9.82. The van der Waals surface area contributed by atoms with Gasteiger partial charge in [-0.1, -0.05) is 17.7 Å². The fourth-order valence-corrected chi connectivity index (χ4v) is 3.15. The van der Waals surface area contributed by atoms with Crippen LogP contribution < -0.4 is 5.32 Å². The van der Waals surface area contributed by atoms with E-state index in [1.165, 1.54) is 0 Å². The van der Waals surface area contributed by atoms with Crippen LogP contribution >= 0.6 is 0 Å². The maximum Gasteiger partial charge on any atom is 0.311 e. The van der Waals surface area contributed by atoms with Crippen LogP contribution in [0.1, 0.15) is 75.4 Å². The monoisotopic (exact) mass is 403 g/mol. The number of fused-ring (bicyclic) bond motifs is 1. The minimum Gasteiger partial charge on any atom is -0.465 e. The van der Waals surface area contributed by atoms with E-state index in [9.17, 15) is 14.4 Å². The maximum absolute atomic E-state index is 12.6. The van der Waals surface area contributed by atoms with Crippen LogP contribution in [0.5, 0.6) is 0 Å². The van der Waals surface area contributed by atoms with Crippen molar-refractivity contribution in [1.29, 1.82) is 0 Å². The van der Waals surface area contributed by atoms with E-state index in [1.54, 1.807) is 20.8 Å². The van der Waals surface area contributed by atoms with Crippen LogP contribution in [0, 0.1) is 17.8 Å². The van der Waals surface area contributed by atoms with E-state index in [0.717, 1.165) is 11.1 Å². The molecule has 0 saturated carbocycles. The Morgan fingerprint density at radius 3 is 2.17 bits per heavy atom. The molecule has 1 aromatic carbocycles. The van der Waals surface area contributed by atoms with Crippen LogP contribution in [0.25, 0.3) is 0 Å². The van der Waals surface area contributed by atoms with Crippen LogP contribution in [0.3, 0.4) is 0 Å². The van der Waals surface area contributed by atoms with E-state index in [1.807, 2.05) is 45.9 Å². The van der Waals surface area contributed by atoms with Crippen molar-refractivity contribution < 1.29 is 23.9 Å². The van der Waals surface area contributed by atoms with Gasteiger partial charge in [0.15, 0.2) is 0 Å². The highest BCUT2D eigenvalue weighted by Gasteiger charge is 2.35. The van der Waals surface area contributed by atoms with Crippen molar-refractivity contribution in [1.82, 2.24) is 5.32 Å². The number of hydrogen-bond donors (Lipinski definition) is 1. The van der Waals surface area contributed by atoms with Crippen molar-refractivity contribution in [2.75, 3.05) is 13.2 Å². The van der Waals surface area contributed by atoms with E-state index in [-0.39, 0.29) is 43.0 Å². The molecule has 6 nitrogen and oxygen atoms in total. The van der Waals surface area contributed by atoms with Crippen LogP contribution in [0.2, 0.25) is 0 Å². The lowest BCUT2D eigenvalue weighted by molar-refractivity contribution is -0.153. The van der Waals surface area contributed by atoms with E-state index in [0.29, 0.717) is 12.0 Å². The van der Waals surface area contributed by atoms with Gasteiger partial charge in [0, 0.05) is 11.5 Å². The van der Waals surface area contributed by atoms with Gasteiger partial charge in [-0.2, -0.15) is 0 Å². The summed E-state index contributed by atoms with van der Waals surface area (Å²) in [6.45, 7) is 13.1. The Bertz CT molecular complexity index is 785. The molecule has 0 saturated heterocycles. The summed E-state index contributed by atoms with van der Waals surface area (Å²) in [5.41, 5.74) is 1.36. The number of ether oxygens (including phenoxy) is 2. The molecule has 0 aliphatic carbocycles. The van der Waals surface area contributed by atoms with Gasteiger partial charge in [0.1, 0.15) is 6.61 Å². The maximum atomic E-state index is 12.6. The third-order valence-corrected chi connectivity index (χ3v) is 4.93. The van der Waals surface area contributed by atoms with Gasteiger partial charge in [0.05, 0.1) is 23.5 Å². The number of carbonyl (C=O) groups is 3. The summed E-state index contributed by atoms with van der Waals surface area (Å²) < 4.78 is 10.9. The Morgan fingerprint density at radius 1 is 1.00 bits per heavy atom. The summed E-state index contributed by atoms with van der Waals surface area (Å²) in [5, 5.41) is 2.96. The second-order valence-electron chi connectivity index (χ2n) is 9.80. The highest BCUT2D eigenvalue weighted by atomic mass is 16.5. The van der Waals surface area contributed by atoms with Crippen molar-refractivity contribution in [3.05, 3.63) is 34.9 Å². The predicted molar refractivity (Wildman–Crippen MR) is 111 cm³/mol. The van der Waals surface area contributed by atoms with Gasteiger partial charge < -0.3 is 14.8 Å². The molecule has 29 heavy (non-hydrogen) atoms. The molecule has 160 valence electrons. The molecule has 6 heteroatoms. The SMILES string of the molecule is Cc1ccc2c(c1)[C@@H](CCOC(=O)C(C)(C)C)[C@H](COC(=O)C(C)(C)C)NC2=O. The predicted octanol–water partition coefficient (Wildman–Crippen LogP) is 3.76. The molecule has 0 radical (unpaired) electrons. The van der Waals surface area contributed by atoms with Crippen LogP contribution in [0.4, 0.5) is 0 Å². The summed E-state index contributed by atoms with van der Waals surface area (Å²) in [5.74, 6) is -0.889. The number of aryl methyl sites for hydroxylation is 1. The third kappa shape index (κ3) is 5.81. The zero-order valence-corrected chi connectivity index (χ0v) is 18.5. The average Bonchev–Trinajstić information content (AvgIpc) is 2.59. The molecular formula is C23H33NO5. The van der Waals surface area contributed by atoms with Crippen molar-refractivity contribution in [3.8, 4) is 0 Å².